The van der Waals surface area contributed by atoms with E-state index in [1.807, 2.05) is 18.2 Å². The number of amides is 1. The minimum absolute atomic E-state index is 0.0169. The van der Waals surface area contributed by atoms with Crippen LogP contribution < -0.4 is 10.2 Å². The summed E-state index contributed by atoms with van der Waals surface area (Å²) >= 11 is 1.74. The number of nitrogens with zero attached hydrogens (tertiary/aromatic N) is 4. The number of nitrogens with one attached hydrogen (secondary N) is 1. The third-order valence-electron chi connectivity index (χ3n) is 4.87. The topological polar surface area (TPSA) is 71.0 Å². The third-order valence-corrected chi connectivity index (χ3v) is 5.97. The van der Waals surface area contributed by atoms with E-state index in [1.54, 1.807) is 29.9 Å². The quantitative estimate of drug-likeness (QED) is 0.665. The van der Waals surface area contributed by atoms with Crippen molar-refractivity contribution in [2.75, 3.05) is 24.5 Å². The first-order valence-electron chi connectivity index (χ1n) is 9.43. The summed E-state index contributed by atoms with van der Waals surface area (Å²) in [6, 6.07) is 8.20. The molecular weight excluding hydrogens is 358 g/mol. The first-order chi connectivity index (χ1) is 13.3. The molecule has 6 nitrogen and oxygen atoms in total. The van der Waals surface area contributed by atoms with Gasteiger partial charge < -0.3 is 10.2 Å². The minimum Gasteiger partial charge on any atom is -0.356 e. The van der Waals surface area contributed by atoms with Crippen LogP contribution in [-0.4, -0.2) is 40.5 Å². The van der Waals surface area contributed by atoms with Crippen molar-refractivity contribution in [2.45, 2.75) is 25.7 Å². The van der Waals surface area contributed by atoms with Crippen LogP contribution in [0.1, 0.15) is 24.3 Å². The number of para-hydroxylation sites is 1. The molecular formula is C20H23N5OS. The zero-order valence-corrected chi connectivity index (χ0v) is 16.0. The molecule has 0 bridgehead atoms. The Kier molecular flexibility index (Phi) is 5.58. The Balaban J connectivity index is 1.24. The second-order valence-electron chi connectivity index (χ2n) is 6.82. The van der Waals surface area contributed by atoms with Crippen molar-refractivity contribution in [1.82, 2.24) is 20.3 Å². The summed E-state index contributed by atoms with van der Waals surface area (Å²) in [6.07, 6.45) is 8.87. The molecule has 1 aromatic carbocycles. The van der Waals surface area contributed by atoms with Gasteiger partial charge in [0.2, 0.25) is 5.91 Å². The fourth-order valence-electron chi connectivity index (χ4n) is 3.48. The first-order valence-corrected chi connectivity index (χ1v) is 10.2. The van der Waals surface area contributed by atoms with E-state index in [9.17, 15) is 4.79 Å². The molecule has 3 aromatic rings. The van der Waals surface area contributed by atoms with Crippen molar-refractivity contribution < 1.29 is 4.79 Å². The molecule has 2 aromatic heterocycles. The number of carbonyl (C=O) groups is 1. The fourth-order valence-corrected chi connectivity index (χ4v) is 4.49. The van der Waals surface area contributed by atoms with Crippen LogP contribution in [0, 0.1) is 5.92 Å². The molecule has 1 unspecified atom stereocenters. The van der Waals surface area contributed by atoms with Gasteiger partial charge in [-0.15, -0.1) is 11.3 Å². The third kappa shape index (κ3) is 4.42. The summed E-state index contributed by atoms with van der Waals surface area (Å²) in [5.74, 6) is 1.02. The van der Waals surface area contributed by atoms with Gasteiger partial charge in [0.05, 0.1) is 27.3 Å². The van der Waals surface area contributed by atoms with E-state index in [0.29, 0.717) is 13.1 Å². The first kappa shape index (κ1) is 17.9. The van der Waals surface area contributed by atoms with Gasteiger partial charge in [-0.1, -0.05) is 12.1 Å². The maximum Gasteiger partial charge on any atom is 0.224 e. The highest BCUT2D eigenvalue weighted by atomic mass is 32.1. The van der Waals surface area contributed by atoms with E-state index in [1.165, 1.54) is 4.70 Å². The van der Waals surface area contributed by atoms with Gasteiger partial charge in [-0.2, -0.15) is 0 Å². The van der Waals surface area contributed by atoms with Gasteiger partial charge in [-0.25, -0.2) is 9.97 Å². The van der Waals surface area contributed by atoms with Crippen molar-refractivity contribution in [2.24, 2.45) is 5.92 Å². The second kappa shape index (κ2) is 8.43. The summed E-state index contributed by atoms with van der Waals surface area (Å²) in [5, 5.41) is 4.24. The molecule has 1 aliphatic heterocycles. The number of thiazole rings is 1. The molecule has 0 radical (unpaired) electrons. The van der Waals surface area contributed by atoms with Crippen LogP contribution in [0.4, 0.5) is 5.82 Å². The highest BCUT2D eigenvalue weighted by Crippen LogP contribution is 2.23. The maximum atomic E-state index is 12.5. The lowest BCUT2D eigenvalue weighted by molar-refractivity contribution is -0.125. The summed E-state index contributed by atoms with van der Waals surface area (Å²) in [5.41, 5.74) is 1.06. The Labute approximate surface area is 162 Å². The monoisotopic (exact) mass is 381 g/mol. The van der Waals surface area contributed by atoms with Crippen LogP contribution >= 0.6 is 11.3 Å². The van der Waals surface area contributed by atoms with E-state index < -0.39 is 0 Å². The van der Waals surface area contributed by atoms with Gasteiger partial charge in [0.15, 0.2) is 0 Å². The lowest BCUT2D eigenvalue weighted by Crippen LogP contribution is -2.43. The largest absolute Gasteiger partial charge is 0.356 e. The van der Waals surface area contributed by atoms with Gasteiger partial charge in [-0.3, -0.25) is 9.78 Å². The highest BCUT2D eigenvalue weighted by Gasteiger charge is 2.26. The number of aromatic nitrogens is 3. The number of piperidine rings is 1. The fraction of sp³-hybridized carbons (Fsp3) is 0.400. The predicted octanol–water partition coefficient (Wildman–Crippen LogP) is 3.05. The summed E-state index contributed by atoms with van der Waals surface area (Å²) in [6.45, 7) is 2.33. The number of benzene rings is 1. The summed E-state index contributed by atoms with van der Waals surface area (Å²) in [7, 11) is 0. The molecule has 4 rings (SSSR count). The highest BCUT2D eigenvalue weighted by molar-refractivity contribution is 7.18. The zero-order chi connectivity index (χ0) is 18.5. The van der Waals surface area contributed by atoms with E-state index in [2.05, 4.69) is 31.2 Å². The van der Waals surface area contributed by atoms with E-state index in [-0.39, 0.29) is 11.8 Å². The Morgan fingerprint density at radius 1 is 1.30 bits per heavy atom. The van der Waals surface area contributed by atoms with E-state index >= 15 is 0 Å². The molecule has 1 N–H and O–H groups in total. The molecule has 3 heterocycles. The van der Waals surface area contributed by atoms with Crippen molar-refractivity contribution >= 4 is 33.3 Å². The normalized spacial score (nSPS) is 17.2. The van der Waals surface area contributed by atoms with Crippen molar-refractivity contribution in [1.29, 1.82) is 0 Å². The van der Waals surface area contributed by atoms with Gasteiger partial charge in [0, 0.05) is 38.4 Å². The number of hydrogen-bond acceptors (Lipinski definition) is 6. The van der Waals surface area contributed by atoms with E-state index in [0.717, 1.165) is 48.6 Å². The zero-order valence-electron chi connectivity index (χ0n) is 15.2. The lowest BCUT2D eigenvalue weighted by Gasteiger charge is -2.32. The number of fused-ring (bicyclic) bond motifs is 1. The lowest BCUT2D eigenvalue weighted by atomic mass is 9.97. The van der Waals surface area contributed by atoms with Crippen molar-refractivity contribution in [3.8, 4) is 0 Å². The van der Waals surface area contributed by atoms with Crippen molar-refractivity contribution in [3.63, 3.8) is 0 Å². The second-order valence-corrected chi connectivity index (χ2v) is 7.93. The van der Waals surface area contributed by atoms with Gasteiger partial charge in [0.25, 0.3) is 0 Å². The smallest absolute Gasteiger partial charge is 0.224 e. The van der Waals surface area contributed by atoms with Gasteiger partial charge in [0.1, 0.15) is 5.82 Å². The minimum atomic E-state index is 0.0169. The SMILES string of the molecule is O=C(NCCCc1nc2ccccc2s1)C1CCCN(c2cnccn2)C1. The van der Waals surface area contributed by atoms with Gasteiger partial charge >= 0.3 is 0 Å². The van der Waals surface area contributed by atoms with Crippen molar-refractivity contribution in [3.05, 3.63) is 47.9 Å². The summed E-state index contributed by atoms with van der Waals surface area (Å²) in [4.78, 5) is 27.8. The average Bonchev–Trinajstić information content (AvgIpc) is 3.15. The molecule has 0 spiro atoms. The number of anilines is 1. The number of hydrogen-bond donors (Lipinski definition) is 1. The number of aryl methyl sites for hydroxylation is 1. The molecule has 1 amide bonds. The average molecular weight is 382 g/mol. The molecule has 0 saturated carbocycles. The Bertz CT molecular complexity index is 865. The number of carbonyl (C=O) groups excluding carboxylic acids is 1. The molecule has 1 aliphatic rings. The molecule has 27 heavy (non-hydrogen) atoms. The van der Waals surface area contributed by atoms with Crippen LogP contribution in [0.5, 0.6) is 0 Å². The molecule has 7 heteroatoms. The molecule has 140 valence electrons. The van der Waals surface area contributed by atoms with Crippen LogP contribution in [0.15, 0.2) is 42.9 Å². The molecule has 1 fully saturated rings. The molecule has 1 saturated heterocycles. The van der Waals surface area contributed by atoms with Gasteiger partial charge in [-0.05, 0) is 31.4 Å². The summed E-state index contributed by atoms with van der Waals surface area (Å²) < 4.78 is 1.22. The number of rotatable bonds is 6. The van der Waals surface area contributed by atoms with Crippen LogP contribution in [0.3, 0.4) is 0 Å². The molecule has 0 aliphatic carbocycles. The Morgan fingerprint density at radius 3 is 3.07 bits per heavy atom. The van der Waals surface area contributed by atoms with Crippen LogP contribution in [0.25, 0.3) is 10.2 Å². The maximum absolute atomic E-state index is 12.5. The van der Waals surface area contributed by atoms with Crippen LogP contribution in [-0.2, 0) is 11.2 Å². The van der Waals surface area contributed by atoms with E-state index in [4.69, 9.17) is 0 Å². The van der Waals surface area contributed by atoms with Crippen LogP contribution in [0.2, 0.25) is 0 Å². The Morgan fingerprint density at radius 2 is 2.22 bits per heavy atom. The standard InChI is InChI=1S/C20H23N5OS/c26-20(15-5-4-12-25(14-15)18-13-21-10-11-22-18)23-9-3-8-19-24-16-6-1-2-7-17(16)27-19/h1-2,6-7,10-11,13,15H,3-5,8-9,12,14H2,(H,23,26). The predicted molar refractivity (Wildman–Crippen MR) is 108 cm³/mol. The molecule has 1 atom stereocenters. The Hall–Kier alpha value is -2.54.